The van der Waals surface area contributed by atoms with Gasteiger partial charge in [0.1, 0.15) is 0 Å². The van der Waals surface area contributed by atoms with Gasteiger partial charge in [-0.1, -0.05) is 55.5 Å². The van der Waals surface area contributed by atoms with Crippen molar-refractivity contribution < 1.29 is 0 Å². The van der Waals surface area contributed by atoms with Gasteiger partial charge >= 0.3 is 0 Å². The standard InChI is InChI=1S/C24H31N5/c1-4-19(3)28-24(26-5-2)27-16-22-8-6-7-9-23(22)21-12-10-20(11-13-21)17-29-15-14-25-18-29/h6-15,18-19H,4-5,16-17H2,1-3H3,(H2,26,27,28). The van der Waals surface area contributed by atoms with Crippen molar-refractivity contribution in [1.29, 1.82) is 0 Å². The van der Waals surface area contributed by atoms with Crippen LogP contribution in [0.4, 0.5) is 0 Å². The highest BCUT2D eigenvalue weighted by atomic mass is 15.2. The summed E-state index contributed by atoms with van der Waals surface area (Å²) in [4.78, 5) is 8.92. The average Bonchev–Trinajstić information content (AvgIpc) is 3.26. The molecule has 0 aliphatic rings. The van der Waals surface area contributed by atoms with Gasteiger partial charge < -0.3 is 15.2 Å². The van der Waals surface area contributed by atoms with E-state index in [0.717, 1.165) is 25.5 Å². The number of rotatable bonds is 8. The monoisotopic (exact) mass is 389 g/mol. The first kappa shape index (κ1) is 20.6. The summed E-state index contributed by atoms with van der Waals surface area (Å²) in [6.45, 7) is 8.76. The zero-order chi connectivity index (χ0) is 20.5. The molecule has 0 aliphatic carbocycles. The molecule has 2 N–H and O–H groups in total. The molecule has 0 spiro atoms. The number of aliphatic imine (C=N–C) groups is 1. The number of nitrogens with zero attached hydrogens (tertiary/aromatic N) is 3. The molecule has 0 saturated heterocycles. The van der Waals surface area contributed by atoms with Crippen molar-refractivity contribution in [2.75, 3.05) is 6.54 Å². The van der Waals surface area contributed by atoms with E-state index in [4.69, 9.17) is 4.99 Å². The minimum atomic E-state index is 0.395. The van der Waals surface area contributed by atoms with E-state index in [1.807, 2.05) is 18.7 Å². The van der Waals surface area contributed by atoms with Crippen LogP contribution in [0.5, 0.6) is 0 Å². The summed E-state index contributed by atoms with van der Waals surface area (Å²) in [5.41, 5.74) is 4.92. The number of imidazole rings is 1. The van der Waals surface area contributed by atoms with Gasteiger partial charge in [-0.25, -0.2) is 9.98 Å². The number of hydrogen-bond acceptors (Lipinski definition) is 2. The summed E-state index contributed by atoms with van der Waals surface area (Å²) in [5, 5.41) is 6.79. The number of nitrogens with one attached hydrogen (secondary N) is 2. The Morgan fingerprint density at radius 3 is 2.59 bits per heavy atom. The first-order valence-corrected chi connectivity index (χ1v) is 10.4. The van der Waals surface area contributed by atoms with Gasteiger partial charge in [0.05, 0.1) is 12.9 Å². The molecular weight excluding hydrogens is 358 g/mol. The molecule has 0 bridgehead atoms. The van der Waals surface area contributed by atoms with Crippen LogP contribution < -0.4 is 10.6 Å². The summed E-state index contributed by atoms with van der Waals surface area (Å²) >= 11 is 0. The average molecular weight is 390 g/mol. The predicted molar refractivity (Wildman–Crippen MR) is 121 cm³/mol. The van der Waals surface area contributed by atoms with E-state index in [2.05, 4.69) is 89.5 Å². The van der Waals surface area contributed by atoms with E-state index in [1.165, 1.54) is 22.3 Å². The first-order valence-electron chi connectivity index (χ1n) is 10.4. The van der Waals surface area contributed by atoms with Crippen molar-refractivity contribution in [3.05, 3.63) is 78.4 Å². The number of guanidine groups is 1. The fourth-order valence-electron chi connectivity index (χ4n) is 3.14. The second-order valence-electron chi connectivity index (χ2n) is 7.24. The Balaban J connectivity index is 1.76. The van der Waals surface area contributed by atoms with E-state index >= 15 is 0 Å². The van der Waals surface area contributed by atoms with Gasteiger partial charge in [0.15, 0.2) is 5.96 Å². The van der Waals surface area contributed by atoms with Gasteiger partial charge in [0.25, 0.3) is 0 Å². The molecule has 2 aromatic carbocycles. The predicted octanol–water partition coefficient (Wildman–Crippen LogP) is 4.45. The molecule has 5 nitrogen and oxygen atoms in total. The third kappa shape index (κ3) is 5.95. The molecule has 1 unspecified atom stereocenters. The van der Waals surface area contributed by atoms with E-state index in [9.17, 15) is 0 Å². The van der Waals surface area contributed by atoms with Crippen molar-refractivity contribution >= 4 is 5.96 Å². The van der Waals surface area contributed by atoms with Crippen LogP contribution in [0.1, 0.15) is 38.3 Å². The Morgan fingerprint density at radius 2 is 1.90 bits per heavy atom. The van der Waals surface area contributed by atoms with Crippen molar-refractivity contribution in [3.63, 3.8) is 0 Å². The van der Waals surface area contributed by atoms with E-state index < -0.39 is 0 Å². The number of aromatic nitrogens is 2. The van der Waals surface area contributed by atoms with Gasteiger partial charge in [0.2, 0.25) is 0 Å². The third-order valence-electron chi connectivity index (χ3n) is 4.95. The van der Waals surface area contributed by atoms with Gasteiger partial charge in [-0.2, -0.15) is 0 Å². The SMILES string of the molecule is CCNC(=NCc1ccccc1-c1ccc(Cn2ccnc2)cc1)NC(C)CC. The van der Waals surface area contributed by atoms with Crippen LogP contribution >= 0.6 is 0 Å². The molecule has 1 heterocycles. The maximum absolute atomic E-state index is 4.81. The normalized spacial score (nSPS) is 12.6. The van der Waals surface area contributed by atoms with Crippen LogP contribution in [0.25, 0.3) is 11.1 Å². The molecule has 5 heteroatoms. The smallest absolute Gasteiger partial charge is 0.191 e. The molecule has 0 saturated carbocycles. The molecule has 0 aliphatic heterocycles. The van der Waals surface area contributed by atoms with Crippen molar-refractivity contribution in [2.24, 2.45) is 4.99 Å². The zero-order valence-corrected chi connectivity index (χ0v) is 17.6. The van der Waals surface area contributed by atoms with E-state index in [0.29, 0.717) is 12.6 Å². The summed E-state index contributed by atoms with van der Waals surface area (Å²) in [6.07, 6.45) is 6.70. The summed E-state index contributed by atoms with van der Waals surface area (Å²) < 4.78 is 2.07. The van der Waals surface area contributed by atoms with Crippen LogP contribution in [0.2, 0.25) is 0 Å². The highest BCUT2D eigenvalue weighted by Gasteiger charge is 2.07. The van der Waals surface area contributed by atoms with Crippen LogP contribution in [-0.4, -0.2) is 28.1 Å². The molecule has 1 atom stereocenters. The van der Waals surface area contributed by atoms with Crippen LogP contribution in [0, 0.1) is 0 Å². The fraction of sp³-hybridized carbons (Fsp3) is 0.333. The molecule has 152 valence electrons. The lowest BCUT2D eigenvalue weighted by Gasteiger charge is -2.16. The molecule has 3 rings (SSSR count). The highest BCUT2D eigenvalue weighted by molar-refractivity contribution is 5.80. The van der Waals surface area contributed by atoms with Gasteiger partial charge in [-0.15, -0.1) is 0 Å². The Kier molecular flexibility index (Phi) is 7.45. The summed E-state index contributed by atoms with van der Waals surface area (Å²) in [6, 6.07) is 17.6. The van der Waals surface area contributed by atoms with Crippen LogP contribution in [0.15, 0.2) is 72.2 Å². The molecule has 3 aromatic rings. The van der Waals surface area contributed by atoms with Crippen LogP contribution in [0.3, 0.4) is 0 Å². The Morgan fingerprint density at radius 1 is 1.10 bits per heavy atom. The highest BCUT2D eigenvalue weighted by Crippen LogP contribution is 2.25. The largest absolute Gasteiger partial charge is 0.357 e. The van der Waals surface area contributed by atoms with Crippen molar-refractivity contribution in [1.82, 2.24) is 20.2 Å². The van der Waals surface area contributed by atoms with E-state index in [1.54, 1.807) is 0 Å². The van der Waals surface area contributed by atoms with Gasteiger partial charge in [-0.05, 0) is 42.5 Å². The van der Waals surface area contributed by atoms with Crippen molar-refractivity contribution in [2.45, 2.75) is 46.3 Å². The number of hydrogen-bond donors (Lipinski definition) is 2. The molecule has 0 radical (unpaired) electrons. The summed E-state index contributed by atoms with van der Waals surface area (Å²) in [7, 11) is 0. The zero-order valence-electron chi connectivity index (χ0n) is 17.6. The lowest BCUT2D eigenvalue weighted by atomic mass is 9.98. The maximum Gasteiger partial charge on any atom is 0.191 e. The molecule has 0 fully saturated rings. The quantitative estimate of drug-likeness (QED) is 0.442. The maximum atomic E-state index is 4.81. The van der Waals surface area contributed by atoms with E-state index in [-0.39, 0.29) is 0 Å². The molecule has 1 aromatic heterocycles. The Bertz CT molecular complexity index is 897. The van der Waals surface area contributed by atoms with Crippen LogP contribution in [-0.2, 0) is 13.1 Å². The lowest BCUT2D eigenvalue weighted by molar-refractivity contribution is 0.624. The van der Waals surface area contributed by atoms with Crippen molar-refractivity contribution in [3.8, 4) is 11.1 Å². The first-order chi connectivity index (χ1) is 14.2. The third-order valence-corrected chi connectivity index (χ3v) is 4.95. The summed E-state index contributed by atoms with van der Waals surface area (Å²) in [5.74, 6) is 0.868. The molecule has 0 amide bonds. The Labute approximate surface area is 173 Å². The lowest BCUT2D eigenvalue weighted by Crippen LogP contribution is -2.41. The van der Waals surface area contributed by atoms with Gasteiger partial charge in [0, 0.05) is 31.5 Å². The molecule has 29 heavy (non-hydrogen) atoms. The number of benzene rings is 2. The minimum absolute atomic E-state index is 0.395. The van der Waals surface area contributed by atoms with Gasteiger partial charge in [-0.3, -0.25) is 0 Å². The second-order valence-corrected chi connectivity index (χ2v) is 7.24. The Hall–Kier alpha value is -3.08. The molecular formula is C24H31N5. The topological polar surface area (TPSA) is 54.2 Å². The second kappa shape index (κ2) is 10.5. The minimum Gasteiger partial charge on any atom is -0.357 e. The fourth-order valence-corrected chi connectivity index (χ4v) is 3.14.